The molecule has 7 heteroatoms. The fourth-order valence-electron chi connectivity index (χ4n) is 2.11. The van der Waals surface area contributed by atoms with Gasteiger partial charge in [-0.25, -0.2) is 8.42 Å². The van der Waals surface area contributed by atoms with E-state index in [2.05, 4.69) is 5.32 Å². The van der Waals surface area contributed by atoms with Crippen LogP contribution in [0.3, 0.4) is 0 Å². The molecule has 118 valence electrons. The van der Waals surface area contributed by atoms with E-state index in [0.29, 0.717) is 30.1 Å². The molecule has 6 nitrogen and oxygen atoms in total. The Kier molecular flexibility index (Phi) is 5.74. The molecule has 1 N–H and O–H groups in total. The Bertz CT molecular complexity index is 622. The van der Waals surface area contributed by atoms with Gasteiger partial charge in [0.1, 0.15) is 5.75 Å². The van der Waals surface area contributed by atoms with Gasteiger partial charge in [0, 0.05) is 26.1 Å². The van der Waals surface area contributed by atoms with Gasteiger partial charge in [-0.05, 0) is 18.6 Å². The van der Waals surface area contributed by atoms with Gasteiger partial charge in [0.15, 0.2) is 0 Å². The van der Waals surface area contributed by atoms with Crippen LogP contribution in [0.2, 0.25) is 0 Å². The van der Waals surface area contributed by atoms with Crippen molar-refractivity contribution >= 4 is 21.6 Å². The van der Waals surface area contributed by atoms with Gasteiger partial charge in [0.2, 0.25) is 15.9 Å². The van der Waals surface area contributed by atoms with Gasteiger partial charge >= 0.3 is 0 Å². The number of nitrogens with one attached hydrogen (secondary N) is 1. The first-order valence-corrected chi connectivity index (χ1v) is 8.18. The maximum absolute atomic E-state index is 12.6. The van der Waals surface area contributed by atoms with E-state index in [9.17, 15) is 13.2 Å². The van der Waals surface area contributed by atoms with Gasteiger partial charge < -0.3 is 10.1 Å². The highest BCUT2D eigenvalue weighted by Gasteiger charge is 2.25. The lowest BCUT2D eigenvalue weighted by atomic mass is 10.2. The van der Waals surface area contributed by atoms with Crippen LogP contribution in [0, 0.1) is 6.92 Å². The van der Waals surface area contributed by atoms with Crippen molar-refractivity contribution in [2.45, 2.75) is 32.6 Å². The van der Waals surface area contributed by atoms with Crippen molar-refractivity contribution in [3.05, 3.63) is 17.7 Å². The van der Waals surface area contributed by atoms with Crippen LogP contribution < -0.4 is 10.1 Å². The van der Waals surface area contributed by atoms with E-state index in [-0.39, 0.29) is 10.8 Å². The summed E-state index contributed by atoms with van der Waals surface area (Å²) in [4.78, 5) is 11.4. The van der Waals surface area contributed by atoms with Crippen LogP contribution in [-0.4, -0.2) is 38.8 Å². The normalized spacial score (nSPS) is 11.5. The highest BCUT2D eigenvalue weighted by molar-refractivity contribution is 7.89. The minimum Gasteiger partial charge on any atom is -0.495 e. The molecule has 0 fully saturated rings. The number of anilines is 1. The average Bonchev–Trinajstić information content (AvgIpc) is 2.39. The highest BCUT2D eigenvalue weighted by atomic mass is 32.2. The summed E-state index contributed by atoms with van der Waals surface area (Å²) < 4.78 is 31.8. The monoisotopic (exact) mass is 314 g/mol. The van der Waals surface area contributed by atoms with Gasteiger partial charge in [-0.1, -0.05) is 13.8 Å². The number of aryl methyl sites for hydroxylation is 1. The van der Waals surface area contributed by atoms with Crippen LogP contribution in [0.4, 0.5) is 5.69 Å². The summed E-state index contributed by atoms with van der Waals surface area (Å²) in [5.74, 6) is 0.0774. The first-order valence-electron chi connectivity index (χ1n) is 6.74. The number of methoxy groups -OCH3 is 1. The highest BCUT2D eigenvalue weighted by Crippen LogP contribution is 2.32. The maximum Gasteiger partial charge on any atom is 0.243 e. The molecule has 0 aliphatic carbocycles. The topological polar surface area (TPSA) is 75.7 Å². The van der Waals surface area contributed by atoms with Crippen LogP contribution in [0.1, 0.15) is 26.3 Å². The minimum atomic E-state index is -3.57. The van der Waals surface area contributed by atoms with Gasteiger partial charge in [-0.15, -0.1) is 0 Å². The van der Waals surface area contributed by atoms with E-state index in [0.717, 1.165) is 0 Å². The Hall–Kier alpha value is -1.60. The fraction of sp³-hybridized carbons (Fsp3) is 0.500. The minimum absolute atomic E-state index is 0.192. The van der Waals surface area contributed by atoms with Crippen molar-refractivity contribution < 1.29 is 17.9 Å². The van der Waals surface area contributed by atoms with Crippen LogP contribution in [0.15, 0.2) is 17.0 Å². The summed E-state index contributed by atoms with van der Waals surface area (Å²) >= 11 is 0. The summed E-state index contributed by atoms with van der Waals surface area (Å²) in [7, 11) is -2.13. The van der Waals surface area contributed by atoms with E-state index >= 15 is 0 Å². The van der Waals surface area contributed by atoms with Crippen LogP contribution >= 0.6 is 0 Å². The summed E-state index contributed by atoms with van der Waals surface area (Å²) in [6.07, 6.45) is 0. The molecular weight excluding hydrogens is 292 g/mol. The molecule has 1 amide bonds. The molecule has 0 saturated heterocycles. The van der Waals surface area contributed by atoms with Crippen molar-refractivity contribution in [2.75, 3.05) is 25.5 Å². The zero-order valence-electron chi connectivity index (χ0n) is 13.1. The summed E-state index contributed by atoms with van der Waals surface area (Å²) in [5, 5.41) is 2.63. The molecule has 0 aromatic heterocycles. The smallest absolute Gasteiger partial charge is 0.243 e. The van der Waals surface area contributed by atoms with Crippen LogP contribution in [0.25, 0.3) is 0 Å². The number of sulfonamides is 1. The number of amides is 1. The Labute approximate surface area is 126 Å². The molecule has 0 aliphatic heterocycles. The maximum atomic E-state index is 12.6. The molecule has 0 heterocycles. The Balaban J connectivity index is 3.42. The van der Waals surface area contributed by atoms with Crippen molar-refractivity contribution in [3.63, 3.8) is 0 Å². The second kappa shape index (κ2) is 6.91. The van der Waals surface area contributed by atoms with Crippen molar-refractivity contribution in [1.82, 2.24) is 4.31 Å². The number of carbonyl (C=O) groups is 1. The average molecular weight is 314 g/mol. The summed E-state index contributed by atoms with van der Waals surface area (Å²) in [6.45, 7) is 7.46. The number of ether oxygens (including phenoxy) is 1. The van der Waals surface area contributed by atoms with Gasteiger partial charge in [-0.2, -0.15) is 4.31 Å². The van der Waals surface area contributed by atoms with Gasteiger partial charge in [-0.3, -0.25) is 4.79 Å². The molecule has 1 aromatic rings. The zero-order valence-corrected chi connectivity index (χ0v) is 13.9. The summed E-state index contributed by atoms with van der Waals surface area (Å²) in [5.41, 5.74) is 1.02. The van der Waals surface area contributed by atoms with Crippen LogP contribution in [0.5, 0.6) is 5.75 Å². The molecule has 0 saturated carbocycles. The molecule has 21 heavy (non-hydrogen) atoms. The predicted octanol–water partition coefficient (Wildman–Crippen LogP) is 1.99. The zero-order chi connectivity index (χ0) is 16.2. The molecule has 0 radical (unpaired) electrons. The van der Waals surface area contributed by atoms with Crippen molar-refractivity contribution in [2.24, 2.45) is 0 Å². The van der Waals surface area contributed by atoms with Crippen LogP contribution in [-0.2, 0) is 14.8 Å². The molecule has 1 aromatic carbocycles. The van der Waals surface area contributed by atoms with E-state index in [1.54, 1.807) is 26.8 Å². The van der Waals surface area contributed by atoms with E-state index in [1.807, 2.05) is 0 Å². The molecular formula is C14H22N2O4S. The SMILES string of the molecule is CCN(CC)S(=O)(=O)c1cc(OC)c(NC(C)=O)cc1C. The third kappa shape index (κ3) is 3.74. The standard InChI is InChI=1S/C14H22N2O4S/c1-6-16(7-2)21(18,19)14-9-13(20-5)12(8-10(14)3)15-11(4)17/h8-9H,6-7H2,1-5H3,(H,15,17). The van der Waals surface area contributed by atoms with Gasteiger partial charge in [0.05, 0.1) is 17.7 Å². The largest absolute Gasteiger partial charge is 0.495 e. The summed E-state index contributed by atoms with van der Waals surface area (Å²) in [6, 6.07) is 3.06. The van der Waals surface area contributed by atoms with Crippen molar-refractivity contribution in [1.29, 1.82) is 0 Å². The number of hydrogen-bond acceptors (Lipinski definition) is 4. The Morgan fingerprint density at radius 3 is 2.29 bits per heavy atom. The number of rotatable bonds is 6. The number of hydrogen-bond donors (Lipinski definition) is 1. The molecule has 0 aliphatic rings. The second-order valence-corrected chi connectivity index (χ2v) is 6.49. The first-order chi connectivity index (χ1) is 9.77. The third-order valence-corrected chi connectivity index (χ3v) is 5.32. The van der Waals surface area contributed by atoms with E-state index < -0.39 is 10.0 Å². The Morgan fingerprint density at radius 1 is 1.29 bits per heavy atom. The van der Waals surface area contributed by atoms with Crippen molar-refractivity contribution in [3.8, 4) is 5.75 Å². The molecule has 0 unspecified atom stereocenters. The number of carbonyl (C=O) groups excluding carboxylic acids is 1. The second-order valence-electron chi connectivity index (χ2n) is 4.59. The van der Waals surface area contributed by atoms with Gasteiger partial charge in [0.25, 0.3) is 0 Å². The lowest BCUT2D eigenvalue weighted by Gasteiger charge is -2.21. The molecule has 0 atom stereocenters. The van der Waals surface area contributed by atoms with E-state index in [4.69, 9.17) is 4.74 Å². The Morgan fingerprint density at radius 2 is 1.86 bits per heavy atom. The number of benzene rings is 1. The lowest BCUT2D eigenvalue weighted by Crippen LogP contribution is -2.31. The first kappa shape index (κ1) is 17.5. The van der Waals surface area contributed by atoms with E-state index in [1.165, 1.54) is 24.4 Å². The predicted molar refractivity (Wildman–Crippen MR) is 82.1 cm³/mol. The molecule has 0 bridgehead atoms. The number of nitrogens with zero attached hydrogens (tertiary/aromatic N) is 1. The quantitative estimate of drug-likeness (QED) is 0.871. The molecule has 0 spiro atoms. The molecule has 1 rings (SSSR count). The fourth-order valence-corrected chi connectivity index (χ4v) is 3.79. The lowest BCUT2D eigenvalue weighted by molar-refractivity contribution is -0.114. The third-order valence-electron chi connectivity index (χ3n) is 3.13.